The van der Waals surface area contributed by atoms with E-state index in [-0.39, 0.29) is 11.2 Å². The van der Waals surface area contributed by atoms with Crippen molar-refractivity contribution in [3.8, 4) is 11.5 Å². The Labute approximate surface area is 146 Å². The third-order valence-corrected chi connectivity index (χ3v) is 4.86. The number of ether oxygens (including phenoxy) is 1. The molecule has 24 heavy (non-hydrogen) atoms. The van der Waals surface area contributed by atoms with Crippen LogP contribution in [-0.4, -0.2) is 12.2 Å². The van der Waals surface area contributed by atoms with Crippen molar-refractivity contribution < 1.29 is 9.84 Å². The van der Waals surface area contributed by atoms with Gasteiger partial charge in [0.1, 0.15) is 0 Å². The molecule has 2 heteroatoms. The van der Waals surface area contributed by atoms with Gasteiger partial charge < -0.3 is 9.84 Å². The standard InChI is InChI=1S/C22H30O2/c1-16-7-11-19(12-8-16)22(3,4)15-17(2)6-9-18-10-13-20(23)21(14-18)24-5/h7-8,10-14,17,23H,6,9,15H2,1-5H3. The van der Waals surface area contributed by atoms with Gasteiger partial charge in [-0.25, -0.2) is 0 Å². The van der Waals surface area contributed by atoms with E-state index in [0.717, 1.165) is 19.3 Å². The average molecular weight is 326 g/mol. The Morgan fingerprint density at radius 2 is 1.75 bits per heavy atom. The zero-order valence-electron chi connectivity index (χ0n) is 15.6. The molecule has 0 amide bonds. The van der Waals surface area contributed by atoms with Crippen LogP contribution in [0.4, 0.5) is 0 Å². The van der Waals surface area contributed by atoms with E-state index < -0.39 is 0 Å². The van der Waals surface area contributed by atoms with Gasteiger partial charge in [-0.1, -0.05) is 56.7 Å². The number of hydrogen-bond donors (Lipinski definition) is 1. The van der Waals surface area contributed by atoms with E-state index in [1.807, 2.05) is 12.1 Å². The number of benzene rings is 2. The zero-order valence-corrected chi connectivity index (χ0v) is 15.6. The Kier molecular flexibility index (Phi) is 5.93. The van der Waals surface area contributed by atoms with Gasteiger partial charge in [-0.05, 0) is 60.8 Å². The van der Waals surface area contributed by atoms with Crippen LogP contribution in [0.15, 0.2) is 42.5 Å². The number of aryl methyl sites for hydroxylation is 2. The molecule has 2 aromatic carbocycles. The number of hydrogen-bond acceptors (Lipinski definition) is 2. The van der Waals surface area contributed by atoms with Crippen LogP contribution in [0.5, 0.6) is 11.5 Å². The zero-order chi connectivity index (χ0) is 17.7. The van der Waals surface area contributed by atoms with Gasteiger partial charge in [0.05, 0.1) is 7.11 Å². The lowest BCUT2D eigenvalue weighted by molar-refractivity contribution is 0.361. The van der Waals surface area contributed by atoms with Crippen molar-refractivity contribution in [1.82, 2.24) is 0 Å². The molecule has 1 unspecified atom stereocenters. The molecule has 0 aliphatic heterocycles. The van der Waals surface area contributed by atoms with Gasteiger partial charge in [-0.15, -0.1) is 0 Å². The fourth-order valence-corrected chi connectivity index (χ4v) is 3.39. The lowest BCUT2D eigenvalue weighted by atomic mass is 9.76. The van der Waals surface area contributed by atoms with Crippen LogP contribution < -0.4 is 4.74 Å². The number of phenolic OH excluding ortho intramolecular Hbond substituents is 1. The Morgan fingerprint density at radius 1 is 1.08 bits per heavy atom. The molecule has 0 aliphatic rings. The molecular weight excluding hydrogens is 296 g/mol. The van der Waals surface area contributed by atoms with Gasteiger partial charge in [0.25, 0.3) is 0 Å². The number of aromatic hydroxyl groups is 1. The molecule has 0 saturated heterocycles. The third kappa shape index (κ3) is 4.77. The van der Waals surface area contributed by atoms with Gasteiger partial charge in [-0.2, -0.15) is 0 Å². The molecule has 0 aliphatic carbocycles. The summed E-state index contributed by atoms with van der Waals surface area (Å²) in [6, 6.07) is 14.5. The monoisotopic (exact) mass is 326 g/mol. The van der Waals surface area contributed by atoms with Crippen LogP contribution in [0.1, 0.15) is 50.3 Å². The second-order valence-electron chi connectivity index (χ2n) is 7.60. The van der Waals surface area contributed by atoms with Crippen molar-refractivity contribution in [3.63, 3.8) is 0 Å². The van der Waals surface area contributed by atoms with Crippen LogP contribution in [-0.2, 0) is 11.8 Å². The van der Waals surface area contributed by atoms with E-state index in [1.165, 1.54) is 16.7 Å². The molecule has 130 valence electrons. The quantitative estimate of drug-likeness (QED) is 0.713. The summed E-state index contributed by atoms with van der Waals surface area (Å²) in [5.41, 5.74) is 4.11. The summed E-state index contributed by atoms with van der Waals surface area (Å²) in [5, 5.41) is 9.69. The molecule has 0 spiro atoms. The predicted molar refractivity (Wildman–Crippen MR) is 101 cm³/mol. The number of rotatable bonds is 7. The molecule has 2 aromatic rings. The summed E-state index contributed by atoms with van der Waals surface area (Å²) in [5.74, 6) is 1.39. The fourth-order valence-electron chi connectivity index (χ4n) is 3.39. The van der Waals surface area contributed by atoms with Crippen LogP contribution >= 0.6 is 0 Å². The Balaban J connectivity index is 1.95. The first kappa shape index (κ1) is 18.4. The summed E-state index contributed by atoms with van der Waals surface area (Å²) in [6.07, 6.45) is 3.29. The Hall–Kier alpha value is -1.96. The first-order valence-electron chi connectivity index (χ1n) is 8.75. The predicted octanol–water partition coefficient (Wildman–Crippen LogP) is 5.65. The van der Waals surface area contributed by atoms with Crippen molar-refractivity contribution in [2.45, 2.75) is 52.4 Å². The van der Waals surface area contributed by atoms with Crippen LogP contribution in [0, 0.1) is 12.8 Å². The molecule has 0 bridgehead atoms. The molecule has 0 fully saturated rings. The minimum atomic E-state index is 0.180. The largest absolute Gasteiger partial charge is 0.504 e. The molecule has 1 atom stereocenters. The Morgan fingerprint density at radius 3 is 2.38 bits per heavy atom. The lowest BCUT2D eigenvalue weighted by Gasteiger charge is -2.29. The minimum absolute atomic E-state index is 0.180. The van der Waals surface area contributed by atoms with Gasteiger partial charge in [0, 0.05) is 0 Å². The highest BCUT2D eigenvalue weighted by Crippen LogP contribution is 2.33. The third-order valence-electron chi connectivity index (χ3n) is 4.86. The normalized spacial score (nSPS) is 12.9. The molecule has 2 rings (SSSR count). The van der Waals surface area contributed by atoms with Crippen LogP contribution in [0.25, 0.3) is 0 Å². The van der Waals surface area contributed by atoms with Crippen molar-refractivity contribution >= 4 is 0 Å². The maximum atomic E-state index is 9.69. The van der Waals surface area contributed by atoms with E-state index in [0.29, 0.717) is 11.7 Å². The Bertz CT molecular complexity index is 656. The summed E-state index contributed by atoms with van der Waals surface area (Å²) >= 11 is 0. The first-order chi connectivity index (χ1) is 11.3. The minimum Gasteiger partial charge on any atom is -0.504 e. The molecule has 2 nitrogen and oxygen atoms in total. The summed E-state index contributed by atoms with van der Waals surface area (Å²) in [4.78, 5) is 0. The average Bonchev–Trinajstić information content (AvgIpc) is 2.54. The van der Waals surface area contributed by atoms with Gasteiger partial charge >= 0.3 is 0 Å². The number of methoxy groups -OCH3 is 1. The van der Waals surface area contributed by atoms with Crippen molar-refractivity contribution in [1.29, 1.82) is 0 Å². The van der Waals surface area contributed by atoms with E-state index in [9.17, 15) is 5.11 Å². The number of phenols is 1. The van der Waals surface area contributed by atoms with Crippen molar-refractivity contribution in [2.24, 2.45) is 5.92 Å². The van der Waals surface area contributed by atoms with E-state index in [4.69, 9.17) is 4.74 Å². The van der Waals surface area contributed by atoms with E-state index in [2.05, 4.69) is 52.0 Å². The highest BCUT2D eigenvalue weighted by molar-refractivity contribution is 5.41. The van der Waals surface area contributed by atoms with E-state index >= 15 is 0 Å². The topological polar surface area (TPSA) is 29.5 Å². The smallest absolute Gasteiger partial charge is 0.160 e. The van der Waals surface area contributed by atoms with Gasteiger partial charge in [0.15, 0.2) is 11.5 Å². The second-order valence-corrected chi connectivity index (χ2v) is 7.60. The maximum Gasteiger partial charge on any atom is 0.160 e. The maximum absolute atomic E-state index is 9.69. The SMILES string of the molecule is COc1cc(CCC(C)CC(C)(C)c2ccc(C)cc2)ccc1O. The first-order valence-corrected chi connectivity index (χ1v) is 8.75. The molecule has 0 radical (unpaired) electrons. The van der Waals surface area contributed by atoms with E-state index in [1.54, 1.807) is 13.2 Å². The lowest BCUT2D eigenvalue weighted by Crippen LogP contribution is -2.21. The van der Waals surface area contributed by atoms with Crippen molar-refractivity contribution in [2.75, 3.05) is 7.11 Å². The highest BCUT2D eigenvalue weighted by atomic mass is 16.5. The molecule has 0 saturated carbocycles. The molecular formula is C22H30O2. The summed E-state index contributed by atoms with van der Waals surface area (Å²) < 4.78 is 5.19. The highest BCUT2D eigenvalue weighted by Gasteiger charge is 2.23. The molecule has 0 heterocycles. The summed E-state index contributed by atoms with van der Waals surface area (Å²) in [6.45, 7) is 9.12. The summed E-state index contributed by atoms with van der Waals surface area (Å²) in [7, 11) is 1.59. The van der Waals surface area contributed by atoms with Gasteiger partial charge in [0.2, 0.25) is 0 Å². The van der Waals surface area contributed by atoms with Crippen LogP contribution in [0.2, 0.25) is 0 Å². The van der Waals surface area contributed by atoms with Gasteiger partial charge in [-0.3, -0.25) is 0 Å². The van der Waals surface area contributed by atoms with Crippen molar-refractivity contribution in [3.05, 3.63) is 59.2 Å². The fraction of sp³-hybridized carbons (Fsp3) is 0.455. The molecule has 1 N–H and O–H groups in total. The van der Waals surface area contributed by atoms with Crippen LogP contribution in [0.3, 0.4) is 0 Å². The second kappa shape index (κ2) is 7.74. The molecule has 0 aromatic heterocycles.